The molecule has 0 spiro atoms. The second-order valence-corrected chi connectivity index (χ2v) is 22.5. The van der Waals surface area contributed by atoms with Crippen LogP contribution in [0.5, 0.6) is 0 Å². The van der Waals surface area contributed by atoms with Gasteiger partial charge < -0.3 is 9.97 Å². The number of pyridine rings is 6. The number of nitrogens with zero attached hydrogens (tertiary/aromatic N) is 6. The van der Waals surface area contributed by atoms with Crippen LogP contribution >= 0.6 is 0 Å². The molecule has 0 fully saturated rings. The molecule has 0 saturated carbocycles. The van der Waals surface area contributed by atoms with E-state index in [1.165, 1.54) is 49.0 Å². The zero-order valence-electron chi connectivity index (χ0n) is 69.6. The van der Waals surface area contributed by atoms with Gasteiger partial charge in [-0.3, -0.25) is 4.98 Å². The van der Waals surface area contributed by atoms with Gasteiger partial charge in [0.15, 0.2) is 18.6 Å². The summed E-state index contributed by atoms with van der Waals surface area (Å²) in [6, 6.07) is 95.5. The predicted octanol–water partition coefficient (Wildman–Crippen LogP) is 26.7. The molecule has 16 rings (SSSR count). The number of fused-ring (bicyclic) bond motifs is 12. The van der Waals surface area contributed by atoms with Crippen molar-refractivity contribution in [2.24, 2.45) is 21.1 Å². The monoisotopic (exact) mass is 1660 g/mol. The molecule has 10 aromatic carbocycles. The van der Waals surface area contributed by atoms with Crippen molar-refractivity contribution >= 4 is 75.8 Å². The van der Waals surface area contributed by atoms with E-state index >= 15 is 0 Å². The molecule has 0 atom stereocenters. The van der Waals surface area contributed by atoms with Gasteiger partial charge in [0.1, 0.15) is 38.2 Å². The molecule has 109 heavy (non-hydrogen) atoms. The van der Waals surface area contributed by atoms with E-state index in [2.05, 4.69) is 284 Å². The van der Waals surface area contributed by atoms with E-state index in [1.54, 1.807) is 0 Å². The minimum Gasteiger partial charge on any atom is -0.357 e. The van der Waals surface area contributed by atoms with Crippen LogP contribution in [0.25, 0.3) is 143 Å². The smallest absolute Gasteiger partial charge is 0.161 e. The van der Waals surface area contributed by atoms with Gasteiger partial charge in [-0.05, 0) is 61.4 Å². The van der Waals surface area contributed by atoms with E-state index in [4.69, 9.17) is 9.97 Å². The zero-order valence-corrected chi connectivity index (χ0v) is 78.1. The van der Waals surface area contributed by atoms with Crippen molar-refractivity contribution in [3.05, 3.63) is 303 Å². The standard InChI is InChI=1S/C31H22N.C26H19N2.C25H18N3.9C2H6.3Y/c1-21-14-15-22(19-29(21)31-13-7-8-18-32(31)2)23-16-17-28-26-11-4-3-9-24(26)25-10-5-6-12-27(25)30(28)20-23;1-18-10-11-20(16-24(18)25-9-5-6-14-28(25)2)22-15-21-13-12-19-7-3-4-8-23(19)26(21)27-17-22;1-17-10-11-18(13-22(17)24-9-5-6-12-28(24)2)20-14-23-25(27-16-20)21-8-4-3-7-19(21)15-26-23;9*1-2;;;/h3-18H,1-2H3;3-14,17H,1-2H3;3-12,15-16H,1-2H3;9*1-2H3;;;/q3*-1;;;;;;;;;;;;. The molecule has 3 radical (unpaired) electrons. The van der Waals surface area contributed by atoms with Crippen molar-refractivity contribution in [1.29, 1.82) is 0 Å². The predicted molar refractivity (Wildman–Crippen MR) is 461 cm³/mol. The third-order valence-corrected chi connectivity index (χ3v) is 16.8. The van der Waals surface area contributed by atoms with Gasteiger partial charge in [0.05, 0.1) is 0 Å². The van der Waals surface area contributed by atoms with Crippen LogP contribution in [0.2, 0.25) is 0 Å². The maximum Gasteiger partial charge on any atom is 0.161 e. The molecule has 6 nitrogen and oxygen atoms in total. The van der Waals surface area contributed by atoms with Gasteiger partial charge in [-0.25, -0.2) is 13.7 Å². The molecule has 0 bridgehead atoms. The van der Waals surface area contributed by atoms with E-state index in [9.17, 15) is 0 Å². The molecule has 0 amide bonds. The number of aryl methyl sites for hydroxylation is 6. The van der Waals surface area contributed by atoms with Gasteiger partial charge in [0, 0.05) is 134 Å². The van der Waals surface area contributed by atoms with Crippen molar-refractivity contribution < 1.29 is 112 Å². The van der Waals surface area contributed by atoms with E-state index in [0.717, 1.165) is 111 Å². The molecule has 9 heteroatoms. The molecule has 0 aliphatic rings. The summed E-state index contributed by atoms with van der Waals surface area (Å²) in [5, 5.41) is 13.0. The average Bonchev–Trinajstić information content (AvgIpc) is 0.743. The Kier molecular flexibility index (Phi) is 46.1. The van der Waals surface area contributed by atoms with Crippen LogP contribution in [0.3, 0.4) is 0 Å². The zero-order chi connectivity index (χ0) is 77.8. The van der Waals surface area contributed by atoms with Gasteiger partial charge in [-0.1, -0.05) is 307 Å². The van der Waals surface area contributed by atoms with E-state index in [-0.39, 0.29) is 98.1 Å². The normalized spacial score (nSPS) is 9.61. The third kappa shape index (κ3) is 23.9. The minimum absolute atomic E-state index is 0. The number of hydrogen-bond acceptors (Lipinski definition) is 3. The Balaban J connectivity index is 0.000000497. The average molecular weight is 1670 g/mol. The Morgan fingerprint density at radius 3 is 1.00 bits per heavy atom. The van der Waals surface area contributed by atoms with Crippen LogP contribution < -0.4 is 13.7 Å². The van der Waals surface area contributed by atoms with Gasteiger partial charge in [-0.15, -0.1) is 57.8 Å². The SMILES string of the molecule is CC.CC.CC.CC.CC.CC.CC.CC.CC.Cc1ccc(-c2[c-]c3c4ccccc4c4ccccc4c3cc2)[c-]c1-c1cccc[n+]1C.Cc1ccc(-c2[c-]c3ccc4ccccc4c3nc2)[c-]c1-c1cccc[n+]1C.Cc1ccc(-c2[c-]c3ncc4ccccc4c3nc2)[c-]c1-c1cccc[n+]1C.[Y].[Y].[Y]. The fourth-order valence-electron chi connectivity index (χ4n) is 12.0. The quantitative estimate of drug-likeness (QED) is 0.0947. The molecule has 0 saturated heterocycles. The van der Waals surface area contributed by atoms with Gasteiger partial charge >= 0.3 is 0 Å². The van der Waals surface area contributed by atoms with E-state index in [1.807, 2.05) is 187 Å². The van der Waals surface area contributed by atoms with Crippen LogP contribution in [0.15, 0.2) is 250 Å². The summed E-state index contributed by atoms with van der Waals surface area (Å²) in [5.74, 6) is 0. The maximum atomic E-state index is 4.77. The maximum absolute atomic E-state index is 4.77. The molecule has 6 heterocycles. The summed E-state index contributed by atoms with van der Waals surface area (Å²) in [7, 11) is 6.19. The first kappa shape index (κ1) is 97.3. The number of hydrogen-bond donors (Lipinski definition) is 0. The first-order chi connectivity index (χ1) is 52.1. The number of aromatic nitrogens is 6. The molecule has 16 aromatic rings. The molecule has 0 aliphatic heterocycles. The third-order valence-electron chi connectivity index (χ3n) is 16.8. The Bertz CT molecular complexity index is 5150. The van der Waals surface area contributed by atoms with E-state index < -0.39 is 0 Å². The van der Waals surface area contributed by atoms with Gasteiger partial charge in [0.25, 0.3) is 0 Å². The molecule has 0 aliphatic carbocycles. The van der Waals surface area contributed by atoms with Gasteiger partial charge in [-0.2, -0.15) is 94.0 Å². The number of benzene rings is 10. The number of rotatable bonds is 6. The summed E-state index contributed by atoms with van der Waals surface area (Å²) in [6.45, 7) is 42.4. The first-order valence-electron chi connectivity index (χ1n) is 38.6. The van der Waals surface area contributed by atoms with E-state index in [0.29, 0.717) is 0 Å². The summed E-state index contributed by atoms with van der Waals surface area (Å²) in [6.07, 6.45) is 11.8. The minimum atomic E-state index is 0. The topological polar surface area (TPSA) is 50.3 Å². The molecule has 0 N–H and O–H groups in total. The summed E-state index contributed by atoms with van der Waals surface area (Å²) < 4.78 is 6.38. The van der Waals surface area contributed by atoms with Crippen LogP contribution in [-0.4, -0.2) is 15.0 Å². The fourth-order valence-corrected chi connectivity index (χ4v) is 12.0. The Morgan fingerprint density at radius 2 is 0.569 bits per heavy atom. The molecular formula is C100H113N6Y3-3. The van der Waals surface area contributed by atoms with Crippen molar-refractivity contribution in [1.82, 2.24) is 15.0 Å². The molecule has 555 valence electrons. The summed E-state index contributed by atoms with van der Waals surface area (Å²) >= 11 is 0. The van der Waals surface area contributed by atoms with Crippen molar-refractivity contribution in [3.63, 3.8) is 0 Å². The van der Waals surface area contributed by atoms with Crippen LogP contribution in [-0.2, 0) is 119 Å². The second-order valence-electron chi connectivity index (χ2n) is 22.5. The summed E-state index contributed by atoms with van der Waals surface area (Å²) in [4.78, 5) is 14.1. The van der Waals surface area contributed by atoms with Gasteiger partial charge in [0.2, 0.25) is 0 Å². The Labute approximate surface area is 731 Å². The second kappa shape index (κ2) is 51.7. The molecular weight excluding hydrogens is 1550 g/mol. The van der Waals surface area contributed by atoms with Crippen molar-refractivity contribution in [2.75, 3.05) is 0 Å². The van der Waals surface area contributed by atoms with Crippen LogP contribution in [0.4, 0.5) is 0 Å². The first-order valence-corrected chi connectivity index (χ1v) is 38.6. The largest absolute Gasteiger partial charge is 0.357 e. The molecule has 6 aromatic heterocycles. The van der Waals surface area contributed by atoms with Crippen LogP contribution in [0, 0.1) is 57.2 Å². The van der Waals surface area contributed by atoms with Crippen LogP contribution in [0.1, 0.15) is 141 Å². The summed E-state index contributed by atoms with van der Waals surface area (Å²) in [5.41, 5.74) is 18.9. The van der Waals surface area contributed by atoms with Crippen molar-refractivity contribution in [2.45, 2.75) is 145 Å². The fraction of sp³-hybridized carbons (Fsp3) is 0.240. The Morgan fingerprint density at radius 1 is 0.248 bits per heavy atom. The molecule has 0 unspecified atom stereocenters. The van der Waals surface area contributed by atoms with Crippen molar-refractivity contribution in [3.8, 4) is 67.2 Å². The Hall–Kier alpha value is -7.77.